The predicted octanol–water partition coefficient (Wildman–Crippen LogP) is 4.65. The Morgan fingerprint density at radius 2 is 1.77 bits per heavy atom. The number of hydrogen-bond donors (Lipinski definition) is 4. The normalized spacial score (nSPS) is 13.7. The molecule has 1 aromatic heterocycles. The highest BCUT2D eigenvalue weighted by atomic mass is 35.5. The van der Waals surface area contributed by atoms with E-state index in [4.69, 9.17) is 21.3 Å². The Balaban J connectivity index is 1.33. The largest absolute Gasteiger partial charge is 0.504 e. The summed E-state index contributed by atoms with van der Waals surface area (Å²) in [5.41, 5.74) is 3.41. The second-order valence-corrected chi connectivity index (χ2v) is 10.7. The highest BCUT2D eigenvalue weighted by molar-refractivity contribution is 6.30. The molecule has 228 valence electrons. The Morgan fingerprint density at radius 3 is 2.52 bits per heavy atom. The number of amides is 2. The molecule has 2 heterocycles. The molecule has 1 aliphatic heterocycles. The van der Waals surface area contributed by atoms with Crippen molar-refractivity contribution in [3.63, 3.8) is 0 Å². The van der Waals surface area contributed by atoms with E-state index in [2.05, 4.69) is 20.8 Å². The lowest BCUT2D eigenvalue weighted by atomic mass is 10.00. The fourth-order valence-corrected chi connectivity index (χ4v) is 5.10. The summed E-state index contributed by atoms with van der Waals surface area (Å²) in [4.78, 5) is 30.1. The van der Waals surface area contributed by atoms with Gasteiger partial charge in [-0.05, 0) is 75.2 Å². The summed E-state index contributed by atoms with van der Waals surface area (Å²) in [5.74, 6) is 0.809. The molecule has 1 atom stereocenters. The van der Waals surface area contributed by atoms with Crippen LogP contribution in [-0.4, -0.2) is 62.2 Å². The van der Waals surface area contributed by atoms with Crippen molar-refractivity contribution in [2.45, 2.75) is 39.2 Å². The van der Waals surface area contributed by atoms with Gasteiger partial charge in [-0.1, -0.05) is 23.7 Å². The summed E-state index contributed by atoms with van der Waals surface area (Å²) >= 11 is 6.19. The second-order valence-electron chi connectivity index (χ2n) is 10.3. The zero-order valence-electron chi connectivity index (χ0n) is 24.4. The van der Waals surface area contributed by atoms with E-state index in [-0.39, 0.29) is 35.3 Å². The minimum atomic E-state index is -0.564. The number of rotatable bonds is 11. The van der Waals surface area contributed by atoms with Gasteiger partial charge in [0.25, 0.3) is 5.91 Å². The van der Waals surface area contributed by atoms with Crippen LogP contribution >= 0.6 is 11.6 Å². The van der Waals surface area contributed by atoms with E-state index in [0.717, 1.165) is 16.8 Å². The Bertz CT molecular complexity index is 1700. The van der Waals surface area contributed by atoms with Crippen LogP contribution < -0.4 is 15.4 Å². The topological polar surface area (TPSA) is 151 Å². The van der Waals surface area contributed by atoms with Crippen molar-refractivity contribution in [2.24, 2.45) is 4.99 Å². The van der Waals surface area contributed by atoms with Crippen molar-refractivity contribution in [1.29, 1.82) is 0 Å². The van der Waals surface area contributed by atoms with Crippen LogP contribution in [0.5, 0.6) is 17.2 Å². The van der Waals surface area contributed by atoms with Gasteiger partial charge in [0, 0.05) is 34.8 Å². The number of aromatic nitrogens is 3. The van der Waals surface area contributed by atoms with Gasteiger partial charge in [0.1, 0.15) is 17.6 Å². The highest BCUT2D eigenvalue weighted by Gasteiger charge is 2.30. The number of aromatic hydroxyl groups is 2. The van der Waals surface area contributed by atoms with Crippen LogP contribution in [0.2, 0.25) is 5.02 Å². The SMILES string of the molecule is CCNC(=O)CC1N=C(c2ccc(Cl)cc2)c2cc(OCCCCNC(=O)c3ccc(O)c(O)c3)ccc2-n2c(C)nnc21. The first-order valence-corrected chi connectivity index (χ1v) is 14.7. The zero-order valence-corrected chi connectivity index (χ0v) is 25.1. The molecule has 1 aliphatic rings. The van der Waals surface area contributed by atoms with Gasteiger partial charge < -0.3 is 25.6 Å². The molecule has 0 saturated heterocycles. The molecule has 1 unspecified atom stereocenters. The number of aryl methyl sites for hydroxylation is 1. The molecule has 0 aliphatic carbocycles. The quantitative estimate of drug-likeness (QED) is 0.141. The van der Waals surface area contributed by atoms with Crippen molar-refractivity contribution in [1.82, 2.24) is 25.4 Å². The average molecular weight is 617 g/mol. The number of hydrogen-bond acceptors (Lipinski definition) is 8. The van der Waals surface area contributed by atoms with Crippen LogP contribution in [0, 0.1) is 6.92 Å². The van der Waals surface area contributed by atoms with Crippen molar-refractivity contribution in [3.8, 4) is 22.9 Å². The Morgan fingerprint density at radius 1 is 0.977 bits per heavy atom. The monoisotopic (exact) mass is 616 g/mol. The van der Waals surface area contributed by atoms with E-state index in [1.807, 2.05) is 48.7 Å². The van der Waals surface area contributed by atoms with Gasteiger partial charge in [-0.3, -0.25) is 19.1 Å². The average Bonchev–Trinajstić information content (AvgIpc) is 3.33. The lowest BCUT2D eigenvalue weighted by molar-refractivity contribution is -0.121. The number of fused-ring (bicyclic) bond motifs is 3. The molecule has 0 spiro atoms. The highest BCUT2D eigenvalue weighted by Crippen LogP contribution is 2.34. The fourth-order valence-electron chi connectivity index (χ4n) is 4.97. The third-order valence-corrected chi connectivity index (χ3v) is 7.38. The molecule has 0 bridgehead atoms. The molecule has 0 saturated carbocycles. The number of ether oxygens (including phenoxy) is 1. The number of carbonyl (C=O) groups excluding carboxylic acids is 2. The summed E-state index contributed by atoms with van der Waals surface area (Å²) in [6, 6.07) is 16.5. The van der Waals surface area contributed by atoms with E-state index in [1.165, 1.54) is 18.2 Å². The van der Waals surface area contributed by atoms with Crippen molar-refractivity contribution >= 4 is 29.1 Å². The number of halogens is 1. The number of benzene rings is 3. The standard InChI is InChI=1S/C32H33ClN6O5/c1-3-34-29(42)18-25-31-38-37-19(2)39(31)26-12-11-23(17-24(26)30(36-25)20-6-9-22(33)10-7-20)44-15-5-4-14-35-32(43)21-8-13-27(40)28(41)16-21/h6-13,16-17,25,40-41H,3-5,14-15,18H2,1-2H3,(H,34,42)(H,35,43). The predicted molar refractivity (Wildman–Crippen MR) is 166 cm³/mol. The number of phenolic OH excluding ortho intramolecular Hbond substituents is 2. The molecule has 5 rings (SSSR count). The number of phenols is 2. The summed E-state index contributed by atoms with van der Waals surface area (Å²) in [6.07, 6.45) is 1.47. The summed E-state index contributed by atoms with van der Waals surface area (Å²) < 4.78 is 8.04. The second kappa shape index (κ2) is 13.6. The van der Waals surface area contributed by atoms with Crippen LogP contribution in [0.3, 0.4) is 0 Å². The number of carbonyl (C=O) groups is 2. The Hall–Kier alpha value is -4.90. The van der Waals surface area contributed by atoms with E-state index in [0.29, 0.717) is 60.7 Å². The van der Waals surface area contributed by atoms with Crippen LogP contribution in [0.4, 0.5) is 0 Å². The van der Waals surface area contributed by atoms with Crippen molar-refractivity contribution in [2.75, 3.05) is 19.7 Å². The summed E-state index contributed by atoms with van der Waals surface area (Å²) in [7, 11) is 0. The van der Waals surface area contributed by atoms with Gasteiger partial charge in [0.05, 0.1) is 24.4 Å². The zero-order chi connectivity index (χ0) is 31.2. The maximum absolute atomic E-state index is 12.7. The van der Waals surface area contributed by atoms with Gasteiger partial charge in [0.2, 0.25) is 5.91 Å². The first-order chi connectivity index (χ1) is 21.2. The molecule has 11 nitrogen and oxygen atoms in total. The number of aliphatic imine (C=N–C) groups is 1. The van der Waals surface area contributed by atoms with Crippen molar-refractivity contribution < 1.29 is 24.5 Å². The van der Waals surface area contributed by atoms with E-state index in [1.54, 1.807) is 12.1 Å². The molecule has 4 aromatic rings. The van der Waals surface area contributed by atoms with Crippen molar-refractivity contribution in [3.05, 3.63) is 94.0 Å². The minimum Gasteiger partial charge on any atom is -0.504 e. The van der Waals surface area contributed by atoms with Gasteiger partial charge in [-0.25, -0.2) is 0 Å². The first-order valence-electron chi connectivity index (χ1n) is 14.3. The minimum absolute atomic E-state index is 0.116. The molecule has 0 fully saturated rings. The van der Waals surface area contributed by atoms with Gasteiger partial charge in [-0.2, -0.15) is 0 Å². The first kappa shape index (κ1) is 30.6. The Labute approximate surface area is 259 Å². The molecular weight excluding hydrogens is 584 g/mol. The molecule has 0 radical (unpaired) electrons. The lowest BCUT2D eigenvalue weighted by Crippen LogP contribution is -2.25. The Kier molecular flexibility index (Phi) is 9.44. The molecular formula is C32H33ClN6O5. The fraction of sp³-hybridized carbons (Fsp3) is 0.281. The van der Waals surface area contributed by atoms with Gasteiger partial charge >= 0.3 is 0 Å². The van der Waals surface area contributed by atoms with E-state index < -0.39 is 6.04 Å². The third-order valence-electron chi connectivity index (χ3n) is 7.13. The lowest BCUT2D eigenvalue weighted by Gasteiger charge is -2.15. The maximum Gasteiger partial charge on any atom is 0.251 e. The molecule has 2 amide bonds. The van der Waals surface area contributed by atoms with Crippen LogP contribution in [0.1, 0.15) is 65.4 Å². The van der Waals surface area contributed by atoms with E-state index in [9.17, 15) is 19.8 Å². The van der Waals surface area contributed by atoms with Crippen LogP contribution in [0.15, 0.2) is 65.7 Å². The van der Waals surface area contributed by atoms with Gasteiger partial charge in [-0.15, -0.1) is 10.2 Å². The summed E-state index contributed by atoms with van der Waals surface area (Å²) in [5, 5.41) is 34.0. The molecule has 12 heteroatoms. The van der Waals surface area contributed by atoms with E-state index >= 15 is 0 Å². The maximum atomic E-state index is 12.7. The number of unbranched alkanes of at least 4 members (excludes halogenated alkanes) is 1. The number of nitrogens with one attached hydrogen (secondary N) is 2. The smallest absolute Gasteiger partial charge is 0.251 e. The van der Waals surface area contributed by atoms with Gasteiger partial charge in [0.15, 0.2) is 17.3 Å². The third kappa shape index (κ3) is 6.84. The summed E-state index contributed by atoms with van der Waals surface area (Å²) in [6.45, 7) is 5.09. The number of nitrogens with zero attached hydrogens (tertiary/aromatic N) is 4. The molecule has 4 N–H and O–H groups in total. The van der Waals surface area contributed by atoms with Crippen LogP contribution in [0.25, 0.3) is 5.69 Å². The molecule has 44 heavy (non-hydrogen) atoms. The molecule has 3 aromatic carbocycles. The van der Waals surface area contributed by atoms with Crippen LogP contribution in [-0.2, 0) is 4.79 Å².